The van der Waals surface area contributed by atoms with Gasteiger partial charge in [0.25, 0.3) is 11.8 Å². The molecule has 8 heteroatoms. The van der Waals surface area contributed by atoms with Crippen LogP contribution in [0, 0.1) is 3.57 Å². The largest absolute Gasteiger partial charge is 0.513 e. The highest BCUT2D eigenvalue weighted by Crippen LogP contribution is 2.18. The Morgan fingerprint density at radius 1 is 0.897 bits per heavy atom. The van der Waals surface area contributed by atoms with Crippen molar-refractivity contribution in [2.75, 3.05) is 32.8 Å². The highest BCUT2D eigenvalue weighted by Gasteiger charge is 2.26. The summed E-state index contributed by atoms with van der Waals surface area (Å²) in [7, 11) is 0. The van der Waals surface area contributed by atoms with E-state index < -0.39 is 6.16 Å². The SMILES string of the molecule is CCOC(=O)Oc1ccc(C(=O)N2CCN(C(=O)c3ccccc3I)CC2)cc1. The lowest BCUT2D eigenvalue weighted by Crippen LogP contribution is -2.50. The minimum atomic E-state index is -0.777. The zero-order valence-corrected chi connectivity index (χ0v) is 18.1. The van der Waals surface area contributed by atoms with Crippen LogP contribution in [-0.2, 0) is 4.74 Å². The number of piperazine rings is 1. The molecule has 29 heavy (non-hydrogen) atoms. The Kier molecular flexibility index (Phi) is 7.08. The first-order valence-corrected chi connectivity index (χ1v) is 10.3. The number of hydrogen-bond acceptors (Lipinski definition) is 5. The number of benzene rings is 2. The summed E-state index contributed by atoms with van der Waals surface area (Å²) < 4.78 is 10.6. The second-order valence-corrected chi connectivity index (χ2v) is 7.54. The van der Waals surface area contributed by atoms with Crippen LogP contribution in [0.2, 0.25) is 0 Å². The Morgan fingerprint density at radius 3 is 2.07 bits per heavy atom. The molecule has 1 aliphatic rings. The first-order chi connectivity index (χ1) is 14.0. The third-order valence-corrected chi connectivity index (χ3v) is 5.46. The first-order valence-electron chi connectivity index (χ1n) is 9.27. The Bertz CT molecular complexity index is 892. The molecule has 0 aliphatic carbocycles. The number of nitrogens with zero attached hydrogens (tertiary/aromatic N) is 2. The highest BCUT2D eigenvalue weighted by molar-refractivity contribution is 14.1. The molecule has 0 saturated carbocycles. The van der Waals surface area contributed by atoms with Gasteiger partial charge in [-0.25, -0.2) is 4.79 Å². The molecule has 0 unspecified atom stereocenters. The lowest BCUT2D eigenvalue weighted by molar-refractivity contribution is 0.0535. The zero-order chi connectivity index (χ0) is 20.8. The van der Waals surface area contributed by atoms with Crippen molar-refractivity contribution in [3.05, 3.63) is 63.2 Å². The number of rotatable bonds is 4. The Balaban J connectivity index is 1.56. The average molecular weight is 508 g/mol. The van der Waals surface area contributed by atoms with Gasteiger partial charge in [0, 0.05) is 35.3 Å². The molecule has 2 aromatic rings. The molecule has 2 aromatic carbocycles. The summed E-state index contributed by atoms with van der Waals surface area (Å²) in [6, 6.07) is 13.8. The summed E-state index contributed by atoms with van der Waals surface area (Å²) in [5.74, 6) is 0.185. The Morgan fingerprint density at radius 2 is 1.48 bits per heavy atom. The fourth-order valence-electron chi connectivity index (χ4n) is 3.01. The van der Waals surface area contributed by atoms with Crippen LogP contribution in [-0.4, -0.2) is 60.6 Å². The molecule has 0 radical (unpaired) electrons. The first kappa shape index (κ1) is 21.1. The lowest BCUT2D eigenvalue weighted by Gasteiger charge is -2.35. The van der Waals surface area contributed by atoms with Crippen LogP contribution in [0.5, 0.6) is 5.75 Å². The van der Waals surface area contributed by atoms with Gasteiger partial charge in [0.05, 0.1) is 12.2 Å². The van der Waals surface area contributed by atoms with Gasteiger partial charge < -0.3 is 19.3 Å². The molecular weight excluding hydrogens is 487 g/mol. The number of amides is 2. The monoisotopic (exact) mass is 508 g/mol. The van der Waals surface area contributed by atoms with Crippen molar-refractivity contribution in [3.63, 3.8) is 0 Å². The summed E-state index contributed by atoms with van der Waals surface area (Å²) in [5, 5.41) is 0. The van der Waals surface area contributed by atoms with Crippen molar-refractivity contribution in [1.82, 2.24) is 9.80 Å². The Hall–Kier alpha value is -2.62. The molecule has 152 valence electrons. The predicted octanol–water partition coefficient (Wildman–Crippen LogP) is 3.42. The second kappa shape index (κ2) is 9.73. The smallest absolute Gasteiger partial charge is 0.434 e. The predicted molar refractivity (Wildman–Crippen MR) is 115 cm³/mol. The van der Waals surface area contributed by atoms with E-state index in [-0.39, 0.29) is 18.4 Å². The van der Waals surface area contributed by atoms with Gasteiger partial charge in [0.1, 0.15) is 5.75 Å². The average Bonchev–Trinajstić information content (AvgIpc) is 2.74. The fraction of sp³-hybridized carbons (Fsp3) is 0.286. The topological polar surface area (TPSA) is 76.2 Å². The van der Waals surface area contributed by atoms with Crippen molar-refractivity contribution in [2.24, 2.45) is 0 Å². The van der Waals surface area contributed by atoms with E-state index in [9.17, 15) is 14.4 Å². The maximum Gasteiger partial charge on any atom is 0.513 e. The van der Waals surface area contributed by atoms with Gasteiger partial charge in [-0.05, 0) is 65.9 Å². The summed E-state index contributed by atoms with van der Waals surface area (Å²) in [4.78, 5) is 40.3. The third-order valence-electron chi connectivity index (χ3n) is 4.52. The van der Waals surface area contributed by atoms with E-state index in [4.69, 9.17) is 9.47 Å². The summed E-state index contributed by atoms with van der Waals surface area (Å²) in [6.45, 7) is 3.83. The zero-order valence-electron chi connectivity index (χ0n) is 16.0. The van der Waals surface area contributed by atoms with Crippen molar-refractivity contribution in [3.8, 4) is 5.75 Å². The van der Waals surface area contributed by atoms with Crippen molar-refractivity contribution in [2.45, 2.75) is 6.92 Å². The van der Waals surface area contributed by atoms with Crippen LogP contribution in [0.4, 0.5) is 4.79 Å². The van der Waals surface area contributed by atoms with Crippen molar-refractivity contribution >= 4 is 40.6 Å². The quantitative estimate of drug-likeness (QED) is 0.360. The standard InChI is InChI=1S/C21H21IN2O5/c1-2-28-21(27)29-16-9-7-15(8-10-16)19(25)23-11-13-24(14-12-23)20(26)17-5-3-4-6-18(17)22/h3-10H,2,11-14H2,1H3. The molecular formula is C21H21IN2O5. The van der Waals surface area contributed by atoms with Crippen molar-refractivity contribution in [1.29, 1.82) is 0 Å². The van der Waals surface area contributed by atoms with E-state index in [0.29, 0.717) is 43.1 Å². The van der Waals surface area contributed by atoms with E-state index in [1.54, 1.807) is 41.0 Å². The van der Waals surface area contributed by atoms with Gasteiger partial charge in [-0.2, -0.15) is 0 Å². The van der Waals surface area contributed by atoms with Crippen LogP contribution < -0.4 is 4.74 Å². The fourth-order valence-corrected chi connectivity index (χ4v) is 3.63. The summed E-state index contributed by atoms with van der Waals surface area (Å²) >= 11 is 2.16. The molecule has 1 saturated heterocycles. The van der Waals surface area contributed by atoms with Gasteiger partial charge in [-0.15, -0.1) is 0 Å². The van der Waals surface area contributed by atoms with Crippen LogP contribution in [0.3, 0.4) is 0 Å². The number of carbonyl (C=O) groups is 3. The minimum absolute atomic E-state index is 0.0115. The molecule has 1 aliphatic heterocycles. The van der Waals surface area contributed by atoms with Crippen LogP contribution in [0.1, 0.15) is 27.6 Å². The molecule has 0 bridgehead atoms. The van der Waals surface area contributed by atoms with Gasteiger partial charge >= 0.3 is 6.16 Å². The highest BCUT2D eigenvalue weighted by atomic mass is 127. The van der Waals surface area contributed by atoms with Crippen LogP contribution in [0.15, 0.2) is 48.5 Å². The lowest BCUT2D eigenvalue weighted by atomic mass is 10.1. The number of carbonyl (C=O) groups excluding carboxylic acids is 3. The number of ether oxygens (including phenoxy) is 2. The molecule has 2 amide bonds. The molecule has 1 heterocycles. The van der Waals surface area contributed by atoms with E-state index in [0.717, 1.165) is 3.57 Å². The molecule has 0 spiro atoms. The molecule has 0 atom stereocenters. The maximum atomic E-state index is 12.7. The summed E-state index contributed by atoms with van der Waals surface area (Å²) in [6.07, 6.45) is -0.777. The molecule has 0 N–H and O–H groups in total. The minimum Gasteiger partial charge on any atom is -0.434 e. The van der Waals surface area contributed by atoms with Gasteiger partial charge in [-0.3, -0.25) is 9.59 Å². The second-order valence-electron chi connectivity index (χ2n) is 6.37. The van der Waals surface area contributed by atoms with Crippen LogP contribution >= 0.6 is 22.6 Å². The summed E-state index contributed by atoms with van der Waals surface area (Å²) in [5.41, 5.74) is 1.18. The Labute approximate surface area is 182 Å². The van der Waals surface area contributed by atoms with E-state index in [2.05, 4.69) is 22.6 Å². The third kappa shape index (κ3) is 5.26. The normalized spacial score (nSPS) is 13.7. The van der Waals surface area contributed by atoms with E-state index >= 15 is 0 Å². The van der Waals surface area contributed by atoms with Crippen molar-refractivity contribution < 1.29 is 23.9 Å². The number of halogens is 1. The molecule has 1 fully saturated rings. The van der Waals surface area contributed by atoms with Crippen LogP contribution in [0.25, 0.3) is 0 Å². The van der Waals surface area contributed by atoms with E-state index in [1.165, 1.54) is 0 Å². The number of hydrogen-bond donors (Lipinski definition) is 0. The molecule has 3 rings (SSSR count). The molecule has 0 aromatic heterocycles. The maximum absolute atomic E-state index is 12.7. The van der Waals surface area contributed by atoms with Gasteiger partial charge in [0.2, 0.25) is 0 Å². The van der Waals surface area contributed by atoms with E-state index in [1.807, 2.05) is 24.3 Å². The van der Waals surface area contributed by atoms with Gasteiger partial charge in [-0.1, -0.05) is 12.1 Å². The van der Waals surface area contributed by atoms with Gasteiger partial charge in [0.15, 0.2) is 0 Å². The molecule has 7 nitrogen and oxygen atoms in total.